The van der Waals surface area contributed by atoms with Gasteiger partial charge in [-0.1, -0.05) is 30.3 Å². The molecule has 30 heavy (non-hydrogen) atoms. The molecule has 152 valence electrons. The van der Waals surface area contributed by atoms with E-state index in [2.05, 4.69) is 6.07 Å². The Morgan fingerprint density at radius 2 is 1.73 bits per heavy atom. The van der Waals surface area contributed by atoms with Gasteiger partial charge < -0.3 is 0 Å². The number of hydrogen-bond acceptors (Lipinski definition) is 3. The molecule has 4 rings (SSSR count). The first-order valence-corrected chi connectivity index (χ1v) is 10.0. The van der Waals surface area contributed by atoms with E-state index in [1.165, 1.54) is 6.07 Å². The van der Waals surface area contributed by atoms with Crippen molar-refractivity contribution in [3.8, 4) is 6.07 Å². The molecule has 0 aliphatic carbocycles. The number of halogens is 2. The first kappa shape index (κ1) is 19.8. The monoisotopic (exact) mass is 405 g/mol. The number of hydrogen-bond donors (Lipinski definition) is 0. The van der Waals surface area contributed by atoms with Crippen LogP contribution in [0.2, 0.25) is 0 Å². The first-order chi connectivity index (χ1) is 14.6. The van der Waals surface area contributed by atoms with Crippen molar-refractivity contribution in [1.29, 1.82) is 5.26 Å². The fraction of sp³-hybridized carbons (Fsp3) is 0.250. The maximum absolute atomic E-state index is 13.5. The van der Waals surface area contributed by atoms with E-state index < -0.39 is 11.6 Å². The van der Waals surface area contributed by atoms with Gasteiger partial charge in [0, 0.05) is 30.3 Å². The van der Waals surface area contributed by atoms with Gasteiger partial charge in [-0.25, -0.2) is 8.78 Å². The zero-order chi connectivity index (χ0) is 21.1. The molecular weight excluding hydrogens is 384 g/mol. The maximum atomic E-state index is 13.5. The Balaban J connectivity index is 1.59. The highest BCUT2D eigenvalue weighted by Gasteiger charge is 2.26. The lowest BCUT2D eigenvalue weighted by Gasteiger charge is -2.41. The predicted octanol–water partition coefficient (Wildman–Crippen LogP) is 4.97. The molecule has 1 amide bonds. The number of benzene rings is 3. The normalized spacial score (nSPS) is 14.0. The zero-order valence-electron chi connectivity index (χ0n) is 16.4. The van der Waals surface area contributed by atoms with Gasteiger partial charge in [0.1, 0.15) is 0 Å². The van der Waals surface area contributed by atoms with Crippen molar-refractivity contribution in [2.75, 3.05) is 18.1 Å². The lowest BCUT2D eigenvalue weighted by molar-refractivity contribution is -0.132. The van der Waals surface area contributed by atoms with Crippen LogP contribution in [-0.2, 0) is 11.2 Å². The van der Waals surface area contributed by atoms with Gasteiger partial charge in [-0.05, 0) is 49.1 Å². The van der Waals surface area contributed by atoms with Crippen molar-refractivity contribution in [1.82, 2.24) is 5.01 Å². The van der Waals surface area contributed by atoms with Crippen LogP contribution in [0.1, 0.15) is 30.4 Å². The Bertz CT molecular complexity index is 1140. The smallest absolute Gasteiger partial charge is 0.241 e. The minimum atomic E-state index is -0.899. The third-order valence-corrected chi connectivity index (χ3v) is 5.48. The van der Waals surface area contributed by atoms with Crippen LogP contribution in [0.15, 0.2) is 54.6 Å². The van der Waals surface area contributed by atoms with Gasteiger partial charge >= 0.3 is 0 Å². The minimum Gasteiger partial charge on any atom is -0.282 e. The molecule has 1 fully saturated rings. The highest BCUT2D eigenvalue weighted by Crippen LogP contribution is 2.32. The highest BCUT2D eigenvalue weighted by atomic mass is 19.2. The molecule has 0 spiro atoms. The molecule has 4 nitrogen and oxygen atoms in total. The third kappa shape index (κ3) is 3.84. The van der Waals surface area contributed by atoms with E-state index in [-0.39, 0.29) is 12.3 Å². The van der Waals surface area contributed by atoms with Crippen LogP contribution >= 0.6 is 0 Å². The van der Waals surface area contributed by atoms with Gasteiger partial charge in [0.05, 0.1) is 17.3 Å². The Morgan fingerprint density at radius 3 is 2.50 bits per heavy atom. The Labute approximate surface area is 173 Å². The fourth-order valence-corrected chi connectivity index (χ4v) is 3.96. The topological polar surface area (TPSA) is 47.3 Å². The Kier molecular flexibility index (Phi) is 5.62. The van der Waals surface area contributed by atoms with Crippen LogP contribution in [0, 0.1) is 23.0 Å². The Morgan fingerprint density at radius 1 is 0.967 bits per heavy atom. The molecule has 1 heterocycles. The van der Waals surface area contributed by atoms with Crippen LogP contribution in [0.25, 0.3) is 10.8 Å². The van der Waals surface area contributed by atoms with E-state index in [4.69, 9.17) is 0 Å². The molecule has 0 aromatic heterocycles. The van der Waals surface area contributed by atoms with Gasteiger partial charge in [0.2, 0.25) is 5.91 Å². The molecule has 0 radical (unpaired) electrons. The summed E-state index contributed by atoms with van der Waals surface area (Å²) in [7, 11) is 0. The number of carbonyl (C=O) groups excluding carboxylic acids is 1. The lowest BCUT2D eigenvalue weighted by Crippen LogP contribution is -2.50. The van der Waals surface area contributed by atoms with Crippen molar-refractivity contribution >= 4 is 22.4 Å². The van der Waals surface area contributed by atoms with E-state index in [1.807, 2.05) is 35.3 Å². The number of carbonyl (C=O) groups is 1. The standard InChI is InChI=1S/C24H21F2N3O/c25-21-10-7-17(15-22(21)26)8-12-24(30)29-14-4-3-13-28(29)23-11-9-18(16-27)19-5-1-2-6-20(19)23/h1-2,5-7,9-11,15H,3-4,8,12-14H2. The van der Waals surface area contributed by atoms with E-state index in [9.17, 15) is 18.8 Å². The SMILES string of the molecule is N#Cc1ccc(N2CCCCN2C(=O)CCc2ccc(F)c(F)c2)c2ccccc12. The van der Waals surface area contributed by atoms with Gasteiger partial charge in [-0.3, -0.25) is 14.8 Å². The van der Waals surface area contributed by atoms with E-state index >= 15 is 0 Å². The first-order valence-electron chi connectivity index (χ1n) is 10.0. The lowest BCUT2D eigenvalue weighted by atomic mass is 10.0. The average molecular weight is 405 g/mol. The summed E-state index contributed by atoms with van der Waals surface area (Å²) in [6, 6.07) is 17.3. The van der Waals surface area contributed by atoms with Crippen LogP contribution in [0.4, 0.5) is 14.5 Å². The van der Waals surface area contributed by atoms with Crippen LogP contribution in [-0.4, -0.2) is 24.0 Å². The molecule has 0 N–H and O–H groups in total. The largest absolute Gasteiger partial charge is 0.282 e. The maximum Gasteiger partial charge on any atom is 0.241 e. The average Bonchev–Trinajstić information content (AvgIpc) is 2.79. The molecule has 0 unspecified atom stereocenters. The highest BCUT2D eigenvalue weighted by molar-refractivity contribution is 5.98. The molecule has 1 aliphatic rings. The van der Waals surface area contributed by atoms with Crippen molar-refractivity contribution in [3.63, 3.8) is 0 Å². The zero-order valence-corrected chi connectivity index (χ0v) is 16.4. The van der Waals surface area contributed by atoms with E-state index in [0.717, 1.165) is 41.4 Å². The minimum absolute atomic E-state index is 0.0622. The second kappa shape index (κ2) is 8.50. The summed E-state index contributed by atoms with van der Waals surface area (Å²) in [6.07, 6.45) is 2.41. The van der Waals surface area contributed by atoms with Crippen molar-refractivity contribution in [2.24, 2.45) is 0 Å². The van der Waals surface area contributed by atoms with Crippen molar-refractivity contribution in [2.45, 2.75) is 25.7 Å². The number of anilines is 1. The van der Waals surface area contributed by atoms with E-state index in [1.54, 1.807) is 11.1 Å². The molecule has 0 bridgehead atoms. The van der Waals surface area contributed by atoms with Crippen molar-refractivity contribution in [3.05, 3.63) is 77.4 Å². The number of aryl methyl sites for hydroxylation is 1. The van der Waals surface area contributed by atoms with E-state index in [0.29, 0.717) is 30.6 Å². The third-order valence-electron chi connectivity index (χ3n) is 5.48. The van der Waals surface area contributed by atoms with Crippen molar-refractivity contribution < 1.29 is 13.6 Å². The van der Waals surface area contributed by atoms with Crippen LogP contribution in [0.5, 0.6) is 0 Å². The number of nitrogens with zero attached hydrogens (tertiary/aromatic N) is 3. The van der Waals surface area contributed by atoms with Gasteiger partial charge in [-0.2, -0.15) is 5.26 Å². The summed E-state index contributed by atoms with van der Waals surface area (Å²) in [5.74, 6) is -1.85. The number of rotatable bonds is 4. The molecule has 3 aromatic rings. The second-order valence-corrected chi connectivity index (χ2v) is 7.39. The predicted molar refractivity (Wildman–Crippen MR) is 112 cm³/mol. The fourth-order valence-electron chi connectivity index (χ4n) is 3.96. The number of amides is 1. The summed E-state index contributed by atoms with van der Waals surface area (Å²) in [4.78, 5) is 13.0. The molecule has 1 aliphatic heterocycles. The molecule has 0 atom stereocenters. The number of nitriles is 1. The quantitative estimate of drug-likeness (QED) is 0.616. The summed E-state index contributed by atoms with van der Waals surface area (Å²) in [6.45, 7) is 1.30. The Hall–Kier alpha value is -3.46. The summed E-state index contributed by atoms with van der Waals surface area (Å²) < 4.78 is 26.6. The molecule has 6 heteroatoms. The molecule has 3 aromatic carbocycles. The molecule has 1 saturated heterocycles. The van der Waals surface area contributed by atoms with Crippen LogP contribution < -0.4 is 5.01 Å². The summed E-state index contributed by atoms with van der Waals surface area (Å²) in [5, 5.41) is 14.9. The van der Waals surface area contributed by atoms with Crippen LogP contribution in [0.3, 0.4) is 0 Å². The van der Waals surface area contributed by atoms with Gasteiger partial charge in [0.15, 0.2) is 11.6 Å². The molecule has 0 saturated carbocycles. The molecular formula is C24H21F2N3O. The number of hydrazine groups is 1. The summed E-state index contributed by atoms with van der Waals surface area (Å²) in [5.41, 5.74) is 2.09. The number of fused-ring (bicyclic) bond motifs is 1. The van der Waals surface area contributed by atoms with Gasteiger partial charge in [0.25, 0.3) is 0 Å². The summed E-state index contributed by atoms with van der Waals surface area (Å²) >= 11 is 0. The second-order valence-electron chi connectivity index (χ2n) is 7.39. The van der Waals surface area contributed by atoms with Gasteiger partial charge in [-0.15, -0.1) is 0 Å².